The number of carbonyl (C=O) groups is 1. The van der Waals surface area contributed by atoms with Gasteiger partial charge in [-0.3, -0.25) is 9.59 Å². The van der Waals surface area contributed by atoms with Gasteiger partial charge in [0.05, 0.1) is 36.6 Å². The first kappa shape index (κ1) is 21.8. The molecule has 1 unspecified atom stereocenters. The van der Waals surface area contributed by atoms with Crippen molar-refractivity contribution in [2.45, 2.75) is 25.8 Å². The Bertz CT molecular complexity index is 1420. The van der Waals surface area contributed by atoms with Gasteiger partial charge in [-0.25, -0.2) is 4.98 Å². The summed E-state index contributed by atoms with van der Waals surface area (Å²) in [6.07, 6.45) is 5.02. The Morgan fingerprint density at radius 1 is 1.18 bits per heavy atom. The van der Waals surface area contributed by atoms with Gasteiger partial charge in [0.2, 0.25) is 5.91 Å². The Labute approximate surface area is 196 Å². The Balaban J connectivity index is 1.43. The SMILES string of the molecule is COc1cccc(-c2ccc3c(=O)n(-c4ccc(NC(=O)C5CCCN5)cn4)ncc3c2)c1C. The van der Waals surface area contributed by atoms with E-state index in [0.29, 0.717) is 16.9 Å². The van der Waals surface area contributed by atoms with E-state index in [0.717, 1.165) is 47.2 Å². The highest BCUT2D eigenvalue weighted by Crippen LogP contribution is 2.31. The summed E-state index contributed by atoms with van der Waals surface area (Å²) in [6, 6.07) is 14.8. The van der Waals surface area contributed by atoms with Crippen molar-refractivity contribution in [3.63, 3.8) is 0 Å². The Hall–Kier alpha value is -4.04. The summed E-state index contributed by atoms with van der Waals surface area (Å²) in [5.74, 6) is 1.13. The first-order valence-corrected chi connectivity index (χ1v) is 11.2. The maximum Gasteiger partial charge on any atom is 0.280 e. The molecule has 0 aliphatic carbocycles. The number of benzene rings is 2. The van der Waals surface area contributed by atoms with Gasteiger partial charge in [-0.15, -0.1) is 0 Å². The van der Waals surface area contributed by atoms with Crippen LogP contribution in [0.4, 0.5) is 5.69 Å². The van der Waals surface area contributed by atoms with Crippen LogP contribution < -0.4 is 20.9 Å². The van der Waals surface area contributed by atoms with Crippen LogP contribution in [0.3, 0.4) is 0 Å². The van der Waals surface area contributed by atoms with E-state index in [9.17, 15) is 9.59 Å². The predicted molar refractivity (Wildman–Crippen MR) is 132 cm³/mol. The van der Waals surface area contributed by atoms with E-state index in [1.54, 1.807) is 25.4 Å². The average Bonchev–Trinajstić information content (AvgIpc) is 3.40. The van der Waals surface area contributed by atoms with Crippen LogP contribution in [-0.4, -0.2) is 40.4 Å². The van der Waals surface area contributed by atoms with E-state index >= 15 is 0 Å². The molecular formula is C26H25N5O3. The number of hydrogen-bond acceptors (Lipinski definition) is 6. The minimum atomic E-state index is -0.258. The van der Waals surface area contributed by atoms with Crippen molar-refractivity contribution in [2.24, 2.45) is 0 Å². The fourth-order valence-corrected chi connectivity index (χ4v) is 4.35. The highest BCUT2D eigenvalue weighted by molar-refractivity contribution is 5.95. The second-order valence-electron chi connectivity index (χ2n) is 8.34. The number of ether oxygens (including phenoxy) is 1. The molecule has 1 saturated heterocycles. The van der Waals surface area contributed by atoms with E-state index in [1.165, 1.54) is 10.9 Å². The number of carbonyl (C=O) groups excluding carboxylic acids is 1. The highest BCUT2D eigenvalue weighted by atomic mass is 16.5. The second-order valence-corrected chi connectivity index (χ2v) is 8.34. The number of aromatic nitrogens is 3. The molecule has 0 bridgehead atoms. The molecule has 0 radical (unpaired) electrons. The van der Waals surface area contributed by atoms with Gasteiger partial charge < -0.3 is 15.4 Å². The van der Waals surface area contributed by atoms with Gasteiger partial charge in [-0.1, -0.05) is 18.2 Å². The maximum absolute atomic E-state index is 13.1. The van der Waals surface area contributed by atoms with E-state index < -0.39 is 0 Å². The molecule has 1 fully saturated rings. The van der Waals surface area contributed by atoms with E-state index in [4.69, 9.17) is 4.74 Å². The third kappa shape index (κ3) is 4.04. The number of rotatable bonds is 5. The van der Waals surface area contributed by atoms with Crippen LogP contribution in [-0.2, 0) is 4.79 Å². The Morgan fingerprint density at radius 3 is 2.79 bits per heavy atom. The van der Waals surface area contributed by atoms with E-state index in [2.05, 4.69) is 20.7 Å². The van der Waals surface area contributed by atoms with Crippen LogP contribution in [0.15, 0.2) is 65.7 Å². The lowest BCUT2D eigenvalue weighted by atomic mass is 9.98. The lowest BCUT2D eigenvalue weighted by Crippen LogP contribution is -2.35. The molecule has 8 nitrogen and oxygen atoms in total. The summed E-state index contributed by atoms with van der Waals surface area (Å²) in [7, 11) is 1.65. The first-order chi connectivity index (χ1) is 16.5. The number of anilines is 1. The van der Waals surface area contributed by atoms with Crippen molar-refractivity contribution >= 4 is 22.4 Å². The number of pyridine rings is 1. The minimum absolute atomic E-state index is 0.0740. The van der Waals surface area contributed by atoms with Gasteiger partial charge in [0.1, 0.15) is 5.75 Å². The molecule has 8 heteroatoms. The molecule has 1 atom stereocenters. The topological polar surface area (TPSA) is 98.1 Å². The van der Waals surface area contributed by atoms with Gasteiger partial charge >= 0.3 is 0 Å². The van der Waals surface area contributed by atoms with E-state index in [1.807, 2.05) is 43.3 Å². The molecular weight excluding hydrogens is 430 g/mol. The normalized spacial score (nSPS) is 15.4. The van der Waals surface area contributed by atoms with Crippen LogP contribution in [0.5, 0.6) is 5.75 Å². The van der Waals surface area contributed by atoms with Gasteiger partial charge in [0, 0.05) is 5.39 Å². The molecule has 2 N–H and O–H groups in total. The monoisotopic (exact) mass is 455 g/mol. The summed E-state index contributed by atoms with van der Waals surface area (Å²) in [4.78, 5) is 29.8. The lowest BCUT2D eigenvalue weighted by molar-refractivity contribution is -0.117. The maximum atomic E-state index is 13.1. The van der Waals surface area contributed by atoms with Gasteiger partial charge in [-0.2, -0.15) is 9.78 Å². The van der Waals surface area contributed by atoms with Gasteiger partial charge in [-0.05, 0) is 73.3 Å². The quantitative estimate of drug-likeness (QED) is 0.478. The van der Waals surface area contributed by atoms with Crippen molar-refractivity contribution in [1.29, 1.82) is 0 Å². The number of fused-ring (bicyclic) bond motifs is 1. The Morgan fingerprint density at radius 2 is 2.06 bits per heavy atom. The number of nitrogens with one attached hydrogen (secondary N) is 2. The summed E-state index contributed by atoms with van der Waals surface area (Å²) >= 11 is 0. The van der Waals surface area contributed by atoms with Crippen LogP contribution in [0.2, 0.25) is 0 Å². The third-order valence-corrected chi connectivity index (χ3v) is 6.21. The number of hydrogen-bond donors (Lipinski definition) is 2. The zero-order valence-corrected chi connectivity index (χ0v) is 19.0. The largest absolute Gasteiger partial charge is 0.496 e. The summed E-state index contributed by atoms with van der Waals surface area (Å²) in [5.41, 5.74) is 3.38. The molecule has 2 aromatic heterocycles. The fraction of sp³-hybridized carbons (Fsp3) is 0.231. The highest BCUT2D eigenvalue weighted by Gasteiger charge is 2.22. The zero-order chi connectivity index (χ0) is 23.7. The van der Waals surface area contributed by atoms with Crippen LogP contribution in [0.1, 0.15) is 18.4 Å². The third-order valence-electron chi connectivity index (χ3n) is 6.21. The first-order valence-electron chi connectivity index (χ1n) is 11.2. The lowest BCUT2D eigenvalue weighted by Gasteiger charge is -2.12. The molecule has 4 aromatic rings. The molecule has 1 amide bonds. The second kappa shape index (κ2) is 9.07. The van der Waals surface area contributed by atoms with E-state index in [-0.39, 0.29) is 17.5 Å². The van der Waals surface area contributed by atoms with Crippen molar-refractivity contribution in [3.8, 4) is 22.7 Å². The average molecular weight is 456 g/mol. The summed E-state index contributed by atoms with van der Waals surface area (Å²) < 4.78 is 6.70. The van der Waals surface area contributed by atoms with Crippen molar-refractivity contribution in [1.82, 2.24) is 20.1 Å². The molecule has 34 heavy (non-hydrogen) atoms. The van der Waals surface area contributed by atoms with Crippen molar-refractivity contribution in [2.75, 3.05) is 19.0 Å². The molecule has 1 aliphatic heterocycles. The van der Waals surface area contributed by atoms with Gasteiger partial charge in [0.15, 0.2) is 5.82 Å². The van der Waals surface area contributed by atoms with Crippen LogP contribution in [0, 0.1) is 6.92 Å². The molecule has 5 rings (SSSR count). The van der Waals surface area contributed by atoms with Crippen LogP contribution in [0.25, 0.3) is 27.7 Å². The Kier molecular flexibility index (Phi) is 5.81. The summed E-state index contributed by atoms with van der Waals surface area (Å²) in [5, 5.41) is 11.7. The minimum Gasteiger partial charge on any atom is -0.496 e. The molecule has 0 saturated carbocycles. The summed E-state index contributed by atoms with van der Waals surface area (Å²) in [6.45, 7) is 2.86. The smallest absolute Gasteiger partial charge is 0.280 e. The van der Waals surface area contributed by atoms with Crippen molar-refractivity contribution in [3.05, 3.63) is 76.8 Å². The fourth-order valence-electron chi connectivity index (χ4n) is 4.35. The molecule has 0 spiro atoms. The van der Waals surface area contributed by atoms with Crippen molar-refractivity contribution < 1.29 is 9.53 Å². The standard InChI is InChI=1S/C26H25N5O3/c1-16-20(5-3-7-23(16)34-2)17-8-10-21-18(13-17)14-29-31(26(21)33)24-11-9-19(15-28-24)30-25(32)22-6-4-12-27-22/h3,5,7-11,13-15,22,27H,4,6,12H2,1-2H3,(H,30,32). The van der Waals surface area contributed by atoms with Gasteiger partial charge in [0.25, 0.3) is 5.56 Å². The number of methoxy groups -OCH3 is 1. The molecule has 3 heterocycles. The molecule has 172 valence electrons. The predicted octanol–water partition coefficient (Wildman–Crippen LogP) is 3.46. The molecule has 2 aromatic carbocycles. The zero-order valence-electron chi connectivity index (χ0n) is 19.0. The van der Waals surface area contributed by atoms with Crippen LogP contribution >= 0.6 is 0 Å². The number of amides is 1. The number of nitrogens with zero attached hydrogens (tertiary/aromatic N) is 3. The molecule has 1 aliphatic rings.